The van der Waals surface area contributed by atoms with E-state index in [1.165, 1.54) is 6.42 Å². The first kappa shape index (κ1) is 18.8. The quantitative estimate of drug-likeness (QED) is 0.787. The third kappa shape index (κ3) is 4.03. The van der Waals surface area contributed by atoms with Gasteiger partial charge in [0.15, 0.2) is 5.11 Å². The molecule has 2 aliphatic rings. The van der Waals surface area contributed by atoms with Crippen LogP contribution in [0.2, 0.25) is 0 Å². The molecular weight excluding hydrogens is 350 g/mol. The van der Waals surface area contributed by atoms with Gasteiger partial charge in [0.1, 0.15) is 11.5 Å². The molecule has 2 atom stereocenters. The monoisotopic (exact) mass is 377 g/mol. The molecule has 3 rings (SSSR count). The van der Waals surface area contributed by atoms with Gasteiger partial charge in [0.25, 0.3) is 0 Å². The van der Waals surface area contributed by atoms with Crippen LogP contribution in [0, 0.1) is 0 Å². The third-order valence-electron chi connectivity index (χ3n) is 5.27. The summed E-state index contributed by atoms with van der Waals surface area (Å²) in [5.41, 5.74) is 0.834. The second-order valence-corrected chi connectivity index (χ2v) is 7.40. The lowest BCUT2D eigenvalue weighted by molar-refractivity contribution is -0.120. The second kappa shape index (κ2) is 8.12. The molecule has 0 radical (unpaired) electrons. The van der Waals surface area contributed by atoms with Crippen LogP contribution in [-0.2, 0) is 4.79 Å². The number of hydrogen-bond donors (Lipinski definition) is 2. The number of carbonyl (C=O) groups excluding carboxylic acids is 1. The maximum atomic E-state index is 11.4. The molecule has 2 N–H and O–H groups in total. The molecule has 142 valence electrons. The van der Waals surface area contributed by atoms with E-state index in [0.717, 1.165) is 42.2 Å². The molecule has 2 fully saturated rings. The summed E-state index contributed by atoms with van der Waals surface area (Å²) in [6, 6.07) is 6.63. The Kier molecular flexibility index (Phi) is 5.86. The first-order chi connectivity index (χ1) is 12.5. The van der Waals surface area contributed by atoms with Crippen LogP contribution in [0.5, 0.6) is 11.5 Å². The zero-order valence-corrected chi connectivity index (χ0v) is 16.4. The number of fused-ring (bicyclic) bond motifs is 2. The Bertz CT molecular complexity index is 668. The Balaban J connectivity index is 1.73. The third-order valence-corrected chi connectivity index (χ3v) is 5.58. The normalized spacial score (nSPS) is 24.6. The van der Waals surface area contributed by atoms with Gasteiger partial charge in [0.05, 0.1) is 19.9 Å². The van der Waals surface area contributed by atoms with Crippen molar-refractivity contribution in [3.8, 4) is 11.5 Å². The number of thiocarbonyl (C=S) groups is 1. The van der Waals surface area contributed by atoms with Gasteiger partial charge in [-0.25, -0.2) is 0 Å². The highest BCUT2D eigenvalue weighted by Gasteiger charge is 2.39. The van der Waals surface area contributed by atoms with Crippen LogP contribution in [0.25, 0.3) is 0 Å². The molecule has 6 nitrogen and oxygen atoms in total. The van der Waals surface area contributed by atoms with E-state index in [0.29, 0.717) is 17.8 Å². The topological polar surface area (TPSA) is 62.8 Å². The molecule has 2 saturated heterocycles. The molecule has 26 heavy (non-hydrogen) atoms. The van der Waals surface area contributed by atoms with E-state index < -0.39 is 0 Å². The Morgan fingerprint density at radius 1 is 1.19 bits per heavy atom. The lowest BCUT2D eigenvalue weighted by Crippen LogP contribution is -2.59. The van der Waals surface area contributed by atoms with Gasteiger partial charge in [0.2, 0.25) is 5.91 Å². The fourth-order valence-electron chi connectivity index (χ4n) is 4.20. The standard InChI is InChI=1S/C19H27N3O3S/c1-12(23)20-13-9-14-5-4-6-15(10-13)22(14)19(26)21-17-8-7-16(24-2)11-18(17)25-3/h7-8,11,13-15H,4-6,9-10H2,1-3H3,(H,20,23)(H,21,26). The van der Waals surface area contributed by atoms with Crippen LogP contribution in [0.15, 0.2) is 18.2 Å². The predicted molar refractivity (Wildman–Crippen MR) is 106 cm³/mol. The lowest BCUT2D eigenvalue weighted by atomic mass is 9.82. The number of carbonyl (C=O) groups is 1. The zero-order valence-electron chi connectivity index (χ0n) is 15.6. The van der Waals surface area contributed by atoms with Crippen molar-refractivity contribution >= 4 is 28.9 Å². The molecule has 1 aromatic rings. The smallest absolute Gasteiger partial charge is 0.217 e. The van der Waals surface area contributed by atoms with Crippen molar-refractivity contribution in [3.05, 3.63) is 18.2 Å². The fourth-order valence-corrected chi connectivity index (χ4v) is 4.61. The van der Waals surface area contributed by atoms with Gasteiger partial charge < -0.3 is 25.0 Å². The average Bonchev–Trinajstić information content (AvgIpc) is 2.60. The van der Waals surface area contributed by atoms with Gasteiger partial charge in [0, 0.05) is 31.1 Å². The van der Waals surface area contributed by atoms with E-state index in [4.69, 9.17) is 21.7 Å². The zero-order chi connectivity index (χ0) is 18.7. The number of ether oxygens (including phenoxy) is 2. The van der Waals surface area contributed by atoms with E-state index in [1.54, 1.807) is 21.1 Å². The molecular formula is C19H27N3O3S. The molecule has 0 saturated carbocycles. The minimum Gasteiger partial charge on any atom is -0.497 e. The molecule has 0 aliphatic carbocycles. The minimum absolute atomic E-state index is 0.0465. The number of anilines is 1. The Morgan fingerprint density at radius 2 is 1.88 bits per heavy atom. The van der Waals surface area contributed by atoms with E-state index >= 15 is 0 Å². The van der Waals surface area contributed by atoms with E-state index in [2.05, 4.69) is 15.5 Å². The fraction of sp³-hybridized carbons (Fsp3) is 0.579. The molecule has 0 aromatic heterocycles. The summed E-state index contributed by atoms with van der Waals surface area (Å²) in [6.07, 6.45) is 5.31. The molecule has 0 spiro atoms. The summed E-state index contributed by atoms with van der Waals surface area (Å²) in [5.74, 6) is 1.49. The molecule has 1 amide bonds. The number of rotatable bonds is 4. The SMILES string of the molecule is COc1ccc(NC(=S)N2C3CCCC2CC(NC(C)=O)C3)c(OC)c1. The van der Waals surface area contributed by atoms with Crippen LogP contribution in [0.3, 0.4) is 0 Å². The van der Waals surface area contributed by atoms with Crippen molar-refractivity contribution in [2.45, 2.75) is 57.2 Å². The summed E-state index contributed by atoms with van der Waals surface area (Å²) in [5, 5.41) is 7.17. The van der Waals surface area contributed by atoms with E-state index in [-0.39, 0.29) is 11.9 Å². The lowest BCUT2D eigenvalue weighted by Gasteiger charge is -2.50. The Morgan fingerprint density at radius 3 is 2.46 bits per heavy atom. The molecule has 7 heteroatoms. The van der Waals surface area contributed by atoms with Crippen molar-refractivity contribution in [2.75, 3.05) is 19.5 Å². The van der Waals surface area contributed by atoms with Crippen molar-refractivity contribution in [1.29, 1.82) is 0 Å². The summed E-state index contributed by atoms with van der Waals surface area (Å²) >= 11 is 5.75. The minimum atomic E-state index is 0.0465. The number of hydrogen-bond acceptors (Lipinski definition) is 4. The van der Waals surface area contributed by atoms with Crippen LogP contribution in [0.4, 0.5) is 5.69 Å². The van der Waals surface area contributed by atoms with Gasteiger partial charge in [-0.3, -0.25) is 4.79 Å². The van der Waals surface area contributed by atoms with Crippen molar-refractivity contribution in [1.82, 2.24) is 10.2 Å². The van der Waals surface area contributed by atoms with Crippen molar-refractivity contribution in [2.24, 2.45) is 0 Å². The summed E-state index contributed by atoms with van der Waals surface area (Å²) in [4.78, 5) is 13.8. The van der Waals surface area contributed by atoms with Crippen molar-refractivity contribution < 1.29 is 14.3 Å². The number of methoxy groups -OCH3 is 2. The molecule has 1 aromatic carbocycles. The van der Waals surface area contributed by atoms with Crippen LogP contribution < -0.4 is 20.1 Å². The molecule has 2 bridgehead atoms. The number of amides is 1. The summed E-state index contributed by atoms with van der Waals surface area (Å²) in [7, 11) is 3.27. The van der Waals surface area contributed by atoms with Gasteiger partial charge in [-0.1, -0.05) is 0 Å². The Labute approximate surface area is 160 Å². The predicted octanol–water partition coefficient (Wildman–Crippen LogP) is 2.92. The van der Waals surface area contributed by atoms with Gasteiger partial charge >= 0.3 is 0 Å². The van der Waals surface area contributed by atoms with E-state index in [1.807, 2.05) is 18.2 Å². The van der Waals surface area contributed by atoms with Crippen LogP contribution >= 0.6 is 12.2 Å². The average molecular weight is 378 g/mol. The second-order valence-electron chi connectivity index (χ2n) is 7.01. The molecule has 2 heterocycles. The van der Waals surface area contributed by atoms with E-state index in [9.17, 15) is 4.79 Å². The number of benzene rings is 1. The van der Waals surface area contributed by atoms with Crippen LogP contribution in [0.1, 0.15) is 39.0 Å². The summed E-state index contributed by atoms with van der Waals surface area (Å²) < 4.78 is 10.7. The summed E-state index contributed by atoms with van der Waals surface area (Å²) in [6.45, 7) is 1.59. The maximum Gasteiger partial charge on any atom is 0.217 e. The first-order valence-electron chi connectivity index (χ1n) is 9.10. The highest BCUT2D eigenvalue weighted by molar-refractivity contribution is 7.80. The molecule has 2 unspecified atom stereocenters. The first-order valence-corrected chi connectivity index (χ1v) is 9.51. The van der Waals surface area contributed by atoms with Crippen LogP contribution in [-0.4, -0.2) is 48.3 Å². The number of nitrogens with zero attached hydrogens (tertiary/aromatic N) is 1. The maximum absolute atomic E-state index is 11.4. The number of piperidine rings is 2. The number of nitrogens with one attached hydrogen (secondary N) is 2. The largest absolute Gasteiger partial charge is 0.497 e. The van der Waals surface area contributed by atoms with Gasteiger partial charge in [-0.05, 0) is 56.5 Å². The highest BCUT2D eigenvalue weighted by atomic mass is 32.1. The van der Waals surface area contributed by atoms with Crippen molar-refractivity contribution in [3.63, 3.8) is 0 Å². The van der Waals surface area contributed by atoms with Gasteiger partial charge in [-0.15, -0.1) is 0 Å². The van der Waals surface area contributed by atoms with Gasteiger partial charge in [-0.2, -0.15) is 0 Å². The highest BCUT2D eigenvalue weighted by Crippen LogP contribution is 2.36. The Hall–Kier alpha value is -2.02. The molecule has 2 aliphatic heterocycles.